The highest BCUT2D eigenvalue weighted by molar-refractivity contribution is 5.42. The van der Waals surface area contributed by atoms with Crippen LogP contribution in [0.5, 0.6) is 5.75 Å². The van der Waals surface area contributed by atoms with E-state index in [4.69, 9.17) is 4.74 Å². The van der Waals surface area contributed by atoms with Crippen molar-refractivity contribution in [3.05, 3.63) is 29.8 Å². The first-order valence-corrected chi connectivity index (χ1v) is 8.41. The zero-order valence-electron chi connectivity index (χ0n) is 13.4. The van der Waals surface area contributed by atoms with Gasteiger partial charge in [0.2, 0.25) is 0 Å². The average molecular weight is 282 g/mol. The lowest BCUT2D eigenvalue weighted by atomic mass is 9.87. The molecule has 1 heteroatoms. The molecule has 1 unspecified atom stereocenters. The van der Waals surface area contributed by atoms with Crippen molar-refractivity contribution in [2.75, 3.05) is 7.11 Å². The minimum atomic E-state index is 0.333. The van der Waals surface area contributed by atoms with Crippen LogP contribution in [0.3, 0.4) is 0 Å². The Kier molecular flexibility index (Phi) is 3.98. The monoisotopic (exact) mass is 282 g/mol. The summed E-state index contributed by atoms with van der Waals surface area (Å²) in [6.07, 6.45) is 10.9. The quantitative estimate of drug-likeness (QED) is 0.691. The minimum absolute atomic E-state index is 0.333. The maximum Gasteiger partial charge on any atom is 0.118 e. The highest BCUT2D eigenvalue weighted by Crippen LogP contribution is 2.73. The molecule has 0 radical (unpaired) electrons. The molecular weight excluding hydrogens is 256 g/mol. The summed E-state index contributed by atoms with van der Waals surface area (Å²) in [6, 6.07) is 8.15. The summed E-state index contributed by atoms with van der Waals surface area (Å²) in [6.45, 7) is 2.29. The van der Waals surface area contributed by atoms with Crippen molar-refractivity contribution >= 4 is 0 Å². The number of rotatable bonds is 4. The number of ether oxygens (including phenoxy) is 1. The van der Waals surface area contributed by atoms with E-state index >= 15 is 0 Å². The zero-order chi connectivity index (χ0) is 14.8. The van der Waals surface area contributed by atoms with Crippen molar-refractivity contribution in [1.82, 2.24) is 0 Å². The van der Waals surface area contributed by atoms with Gasteiger partial charge in [0, 0.05) is 11.0 Å². The SMILES string of the molecule is CCCCC1(C#Cc2ccc(OC)cc2)CC12CCCC2. The molecule has 1 spiro atoms. The van der Waals surface area contributed by atoms with Gasteiger partial charge in [-0.1, -0.05) is 44.4 Å². The van der Waals surface area contributed by atoms with Gasteiger partial charge >= 0.3 is 0 Å². The van der Waals surface area contributed by atoms with Crippen LogP contribution in [0.4, 0.5) is 0 Å². The Morgan fingerprint density at radius 2 is 1.86 bits per heavy atom. The molecule has 3 rings (SSSR count). The van der Waals surface area contributed by atoms with Crippen molar-refractivity contribution in [2.24, 2.45) is 10.8 Å². The highest BCUT2D eigenvalue weighted by Gasteiger charge is 2.66. The summed E-state index contributed by atoms with van der Waals surface area (Å²) < 4.78 is 5.21. The maximum atomic E-state index is 5.21. The maximum absolute atomic E-state index is 5.21. The van der Waals surface area contributed by atoms with Crippen LogP contribution in [-0.4, -0.2) is 7.11 Å². The van der Waals surface area contributed by atoms with Gasteiger partial charge in [-0.15, -0.1) is 0 Å². The predicted octanol–water partition coefficient (Wildman–Crippen LogP) is 5.19. The zero-order valence-corrected chi connectivity index (χ0v) is 13.4. The highest BCUT2D eigenvalue weighted by atomic mass is 16.5. The van der Waals surface area contributed by atoms with E-state index in [1.54, 1.807) is 7.11 Å². The van der Waals surface area contributed by atoms with Gasteiger partial charge < -0.3 is 4.74 Å². The summed E-state index contributed by atoms with van der Waals surface area (Å²) in [4.78, 5) is 0. The summed E-state index contributed by atoms with van der Waals surface area (Å²) in [5, 5.41) is 0. The van der Waals surface area contributed by atoms with Crippen molar-refractivity contribution in [2.45, 2.75) is 58.3 Å². The summed E-state index contributed by atoms with van der Waals surface area (Å²) in [5.41, 5.74) is 2.04. The number of hydrogen-bond acceptors (Lipinski definition) is 1. The minimum Gasteiger partial charge on any atom is -0.497 e. The molecule has 21 heavy (non-hydrogen) atoms. The van der Waals surface area contributed by atoms with Crippen LogP contribution in [0.15, 0.2) is 24.3 Å². The second-order valence-corrected chi connectivity index (χ2v) is 6.83. The van der Waals surface area contributed by atoms with Crippen LogP contribution in [0.25, 0.3) is 0 Å². The molecule has 1 aromatic rings. The van der Waals surface area contributed by atoms with Crippen molar-refractivity contribution in [3.8, 4) is 17.6 Å². The molecule has 112 valence electrons. The van der Waals surface area contributed by atoms with Gasteiger partial charge in [0.15, 0.2) is 0 Å². The first-order chi connectivity index (χ1) is 10.2. The summed E-state index contributed by atoms with van der Waals surface area (Å²) in [5.74, 6) is 8.06. The van der Waals surface area contributed by atoms with E-state index in [1.807, 2.05) is 12.1 Å². The number of hydrogen-bond donors (Lipinski definition) is 0. The lowest BCUT2D eigenvalue weighted by Gasteiger charge is -2.16. The molecule has 1 atom stereocenters. The van der Waals surface area contributed by atoms with E-state index in [-0.39, 0.29) is 0 Å². The molecule has 2 fully saturated rings. The van der Waals surface area contributed by atoms with Gasteiger partial charge in [-0.05, 0) is 55.4 Å². The second-order valence-electron chi connectivity index (χ2n) is 6.83. The van der Waals surface area contributed by atoms with Crippen LogP contribution >= 0.6 is 0 Å². The van der Waals surface area contributed by atoms with Gasteiger partial charge in [-0.2, -0.15) is 0 Å². The Labute approximate surface area is 129 Å². The van der Waals surface area contributed by atoms with Crippen LogP contribution in [0, 0.1) is 22.7 Å². The molecule has 1 nitrogen and oxygen atoms in total. The molecule has 0 bridgehead atoms. The molecule has 0 aliphatic heterocycles. The third kappa shape index (κ3) is 2.69. The Bertz CT molecular complexity index is 539. The Balaban J connectivity index is 1.78. The number of benzene rings is 1. The number of unbranched alkanes of at least 4 members (excludes halogenated alkanes) is 1. The molecule has 2 aliphatic carbocycles. The van der Waals surface area contributed by atoms with E-state index < -0.39 is 0 Å². The molecule has 0 amide bonds. The first kappa shape index (κ1) is 14.5. The van der Waals surface area contributed by atoms with Crippen molar-refractivity contribution < 1.29 is 4.74 Å². The number of methoxy groups -OCH3 is 1. The fourth-order valence-electron chi connectivity index (χ4n) is 4.18. The van der Waals surface area contributed by atoms with E-state index in [0.29, 0.717) is 10.8 Å². The molecular formula is C20H26O. The van der Waals surface area contributed by atoms with Gasteiger partial charge in [-0.3, -0.25) is 0 Å². The summed E-state index contributed by atoms with van der Waals surface area (Å²) in [7, 11) is 1.70. The van der Waals surface area contributed by atoms with E-state index in [1.165, 1.54) is 51.4 Å². The van der Waals surface area contributed by atoms with Crippen molar-refractivity contribution in [3.63, 3.8) is 0 Å². The van der Waals surface area contributed by atoms with E-state index in [9.17, 15) is 0 Å². The van der Waals surface area contributed by atoms with Crippen LogP contribution in [-0.2, 0) is 0 Å². The molecule has 2 saturated carbocycles. The fourth-order valence-corrected chi connectivity index (χ4v) is 4.18. The van der Waals surface area contributed by atoms with Gasteiger partial charge in [0.1, 0.15) is 5.75 Å². The normalized spacial score (nSPS) is 25.4. The predicted molar refractivity (Wildman–Crippen MR) is 87.3 cm³/mol. The molecule has 0 N–H and O–H groups in total. The average Bonchev–Trinajstić information content (AvgIpc) is 2.87. The third-order valence-corrected chi connectivity index (χ3v) is 5.58. The first-order valence-electron chi connectivity index (χ1n) is 8.41. The van der Waals surface area contributed by atoms with Gasteiger partial charge in [0.25, 0.3) is 0 Å². The van der Waals surface area contributed by atoms with Gasteiger partial charge in [0.05, 0.1) is 7.11 Å². The van der Waals surface area contributed by atoms with Gasteiger partial charge in [-0.25, -0.2) is 0 Å². The van der Waals surface area contributed by atoms with E-state index in [2.05, 4.69) is 30.9 Å². The van der Waals surface area contributed by atoms with Crippen LogP contribution in [0.1, 0.15) is 63.9 Å². The lowest BCUT2D eigenvalue weighted by molar-refractivity contribution is 0.384. The Morgan fingerprint density at radius 1 is 1.14 bits per heavy atom. The Morgan fingerprint density at radius 3 is 2.48 bits per heavy atom. The Hall–Kier alpha value is -1.42. The lowest BCUT2D eigenvalue weighted by Crippen LogP contribution is -2.09. The molecule has 1 aromatic carbocycles. The van der Waals surface area contributed by atoms with Crippen LogP contribution in [0.2, 0.25) is 0 Å². The smallest absolute Gasteiger partial charge is 0.118 e. The van der Waals surface area contributed by atoms with Crippen LogP contribution < -0.4 is 4.74 Å². The fraction of sp³-hybridized carbons (Fsp3) is 0.600. The molecule has 0 saturated heterocycles. The summed E-state index contributed by atoms with van der Waals surface area (Å²) >= 11 is 0. The molecule has 0 aromatic heterocycles. The standard InChI is InChI=1S/C20H26O/c1-3-4-12-20(16-19(20)13-5-6-14-19)15-11-17-7-9-18(21-2)10-8-17/h7-10H,3-6,12-14,16H2,1-2H3. The third-order valence-electron chi connectivity index (χ3n) is 5.58. The van der Waals surface area contributed by atoms with Crippen molar-refractivity contribution in [1.29, 1.82) is 0 Å². The molecule has 0 heterocycles. The second kappa shape index (κ2) is 5.76. The molecule has 2 aliphatic rings. The van der Waals surface area contributed by atoms with E-state index in [0.717, 1.165) is 11.3 Å². The largest absolute Gasteiger partial charge is 0.497 e. The topological polar surface area (TPSA) is 9.23 Å².